The van der Waals surface area contributed by atoms with Gasteiger partial charge in [-0.25, -0.2) is 4.39 Å². The van der Waals surface area contributed by atoms with Crippen LogP contribution in [0.2, 0.25) is 0 Å². The van der Waals surface area contributed by atoms with Gasteiger partial charge in [0.05, 0.1) is 27.3 Å². The van der Waals surface area contributed by atoms with Crippen molar-refractivity contribution >= 4 is 50.3 Å². The highest BCUT2D eigenvalue weighted by Crippen LogP contribution is 2.44. The molecule has 7 heteroatoms. The van der Waals surface area contributed by atoms with Crippen LogP contribution in [-0.4, -0.2) is 10.1 Å². The summed E-state index contributed by atoms with van der Waals surface area (Å²) in [5, 5.41) is 3.82. The fourth-order valence-electron chi connectivity index (χ4n) is 3.04. The second-order valence-electron chi connectivity index (χ2n) is 5.59. The fraction of sp³-hybridized carbons (Fsp3) is 0.111. The number of hydrogen-bond acceptors (Lipinski definition) is 3. The van der Waals surface area contributed by atoms with Crippen molar-refractivity contribution in [3.05, 3.63) is 81.0 Å². The zero-order valence-electron chi connectivity index (χ0n) is 12.9. The minimum absolute atomic E-state index is 0.154. The van der Waals surface area contributed by atoms with Crippen molar-refractivity contribution in [1.82, 2.24) is 10.3 Å². The Kier molecular flexibility index (Phi) is 4.54. The summed E-state index contributed by atoms with van der Waals surface area (Å²) >= 11 is 10.7. The number of hydrogen-bond donors (Lipinski definition) is 1. The third-order valence-electron chi connectivity index (χ3n) is 4.10. The molecule has 0 radical (unpaired) electrons. The van der Waals surface area contributed by atoms with Crippen LogP contribution in [0.3, 0.4) is 0 Å². The van der Waals surface area contributed by atoms with Gasteiger partial charge in [0.15, 0.2) is 5.11 Å². The highest BCUT2D eigenvalue weighted by Gasteiger charge is 2.42. The molecule has 1 N–H and O–H groups in total. The maximum atomic E-state index is 14.5. The molecule has 3 heterocycles. The summed E-state index contributed by atoms with van der Waals surface area (Å²) in [5.74, 6) is -0.297. The molecule has 0 saturated carbocycles. The minimum Gasteiger partial charge on any atom is -0.351 e. The molecule has 3 nitrogen and oxygen atoms in total. The van der Waals surface area contributed by atoms with E-state index in [1.807, 2.05) is 41.3 Å². The lowest BCUT2D eigenvalue weighted by atomic mass is 10.0. The Morgan fingerprint density at radius 2 is 1.92 bits per heavy atom. The smallest absolute Gasteiger partial charge is 0.174 e. The Hall–Kier alpha value is -1.83. The monoisotopic (exact) mass is 433 g/mol. The highest BCUT2D eigenvalue weighted by atomic mass is 79.9. The average Bonchev–Trinajstić information content (AvgIpc) is 3.19. The molecule has 3 aromatic rings. The molecular formula is C18H13BrFN3S2. The molecule has 0 bridgehead atoms. The van der Waals surface area contributed by atoms with Crippen LogP contribution < -0.4 is 10.2 Å². The van der Waals surface area contributed by atoms with Crippen molar-refractivity contribution in [3.8, 4) is 0 Å². The van der Waals surface area contributed by atoms with Gasteiger partial charge < -0.3 is 10.2 Å². The number of pyridine rings is 1. The molecule has 1 aliphatic heterocycles. The topological polar surface area (TPSA) is 28.2 Å². The van der Waals surface area contributed by atoms with Crippen LogP contribution in [-0.2, 0) is 0 Å². The van der Waals surface area contributed by atoms with Crippen LogP contribution in [0.1, 0.15) is 22.7 Å². The van der Waals surface area contributed by atoms with Crippen LogP contribution >= 0.6 is 39.5 Å². The molecule has 2 atom stereocenters. The standard InChI is InChI=1S/C18H13BrFN3S2/c19-15-9-8-14(25-15)17-16(12-6-3-4-10-21-12)22-18(24)23(17)13-7-2-1-5-11(13)20/h1-10,16-17H,(H,22,24)/t16-,17+/m1/s1. The summed E-state index contributed by atoms with van der Waals surface area (Å²) in [6.45, 7) is 0. The summed E-state index contributed by atoms with van der Waals surface area (Å²) in [6.07, 6.45) is 1.76. The first-order valence-electron chi connectivity index (χ1n) is 7.65. The van der Waals surface area contributed by atoms with Crippen molar-refractivity contribution in [3.63, 3.8) is 0 Å². The lowest BCUT2D eigenvalue weighted by Crippen LogP contribution is -2.29. The van der Waals surface area contributed by atoms with E-state index in [1.165, 1.54) is 6.07 Å². The number of thiocarbonyl (C=S) groups is 1. The number of anilines is 1. The number of benzene rings is 1. The number of aromatic nitrogens is 1. The van der Waals surface area contributed by atoms with Crippen molar-refractivity contribution in [2.75, 3.05) is 4.90 Å². The quantitative estimate of drug-likeness (QED) is 0.572. The zero-order chi connectivity index (χ0) is 17.4. The molecule has 126 valence electrons. The molecule has 0 unspecified atom stereocenters. The number of thiophene rings is 1. The van der Waals surface area contributed by atoms with Gasteiger partial charge >= 0.3 is 0 Å². The van der Waals surface area contributed by atoms with Crippen molar-refractivity contribution < 1.29 is 4.39 Å². The third-order valence-corrected chi connectivity index (χ3v) is 6.10. The Bertz CT molecular complexity index is 915. The molecule has 1 aromatic carbocycles. The number of para-hydroxylation sites is 1. The predicted molar refractivity (Wildman–Crippen MR) is 106 cm³/mol. The van der Waals surface area contributed by atoms with Gasteiger partial charge in [-0.15, -0.1) is 11.3 Å². The average molecular weight is 434 g/mol. The van der Waals surface area contributed by atoms with Gasteiger partial charge in [0.2, 0.25) is 0 Å². The van der Waals surface area contributed by atoms with E-state index in [4.69, 9.17) is 12.2 Å². The van der Waals surface area contributed by atoms with E-state index >= 15 is 0 Å². The SMILES string of the molecule is Fc1ccccc1N1C(=S)N[C@H](c2ccccn2)[C@@H]1c1ccc(Br)s1. The molecule has 2 aromatic heterocycles. The Morgan fingerprint density at radius 3 is 2.60 bits per heavy atom. The summed E-state index contributed by atoms with van der Waals surface area (Å²) < 4.78 is 15.5. The van der Waals surface area contributed by atoms with Gasteiger partial charge in [-0.3, -0.25) is 4.98 Å². The lowest BCUT2D eigenvalue weighted by molar-refractivity contribution is 0.565. The van der Waals surface area contributed by atoms with Crippen LogP contribution in [0.25, 0.3) is 0 Å². The van der Waals surface area contributed by atoms with E-state index in [-0.39, 0.29) is 17.9 Å². The molecule has 25 heavy (non-hydrogen) atoms. The normalized spacial score (nSPS) is 19.9. The highest BCUT2D eigenvalue weighted by molar-refractivity contribution is 9.11. The van der Waals surface area contributed by atoms with Crippen LogP contribution in [0.4, 0.5) is 10.1 Å². The molecule has 0 spiro atoms. The van der Waals surface area contributed by atoms with Crippen molar-refractivity contribution in [2.24, 2.45) is 0 Å². The van der Waals surface area contributed by atoms with Gasteiger partial charge in [-0.1, -0.05) is 18.2 Å². The van der Waals surface area contributed by atoms with Crippen molar-refractivity contribution in [1.29, 1.82) is 0 Å². The number of halogens is 2. The van der Waals surface area contributed by atoms with E-state index in [2.05, 4.69) is 26.2 Å². The second kappa shape index (κ2) is 6.82. The molecule has 1 saturated heterocycles. The van der Waals surface area contributed by atoms with Crippen molar-refractivity contribution in [2.45, 2.75) is 12.1 Å². The summed E-state index contributed by atoms with van der Waals surface area (Å²) in [4.78, 5) is 7.41. The van der Waals surface area contributed by atoms with E-state index in [1.54, 1.807) is 29.7 Å². The van der Waals surface area contributed by atoms with E-state index in [0.29, 0.717) is 10.8 Å². The molecule has 0 amide bonds. The summed E-state index contributed by atoms with van der Waals surface area (Å²) in [6, 6.07) is 16.2. The lowest BCUT2D eigenvalue weighted by Gasteiger charge is -2.27. The minimum atomic E-state index is -0.297. The van der Waals surface area contributed by atoms with Gasteiger partial charge in [0.25, 0.3) is 0 Å². The number of nitrogens with one attached hydrogen (secondary N) is 1. The van der Waals surface area contributed by atoms with Crippen LogP contribution in [0.15, 0.2) is 64.6 Å². The maximum absolute atomic E-state index is 14.5. The number of nitrogens with zero attached hydrogens (tertiary/aromatic N) is 2. The van der Waals surface area contributed by atoms with Gasteiger partial charge in [-0.05, 0) is 64.5 Å². The van der Waals surface area contributed by atoms with Crippen LogP contribution in [0, 0.1) is 5.82 Å². The molecule has 4 rings (SSSR count). The molecular weight excluding hydrogens is 421 g/mol. The van der Waals surface area contributed by atoms with Gasteiger partial charge in [0.1, 0.15) is 5.82 Å². The van der Waals surface area contributed by atoms with Crippen LogP contribution in [0.5, 0.6) is 0 Å². The first-order valence-corrected chi connectivity index (χ1v) is 9.67. The number of rotatable bonds is 3. The largest absolute Gasteiger partial charge is 0.351 e. The summed E-state index contributed by atoms with van der Waals surface area (Å²) in [7, 11) is 0. The Labute approximate surface area is 162 Å². The first kappa shape index (κ1) is 16.6. The van der Waals surface area contributed by atoms with E-state index < -0.39 is 0 Å². The Morgan fingerprint density at radius 1 is 1.12 bits per heavy atom. The fourth-order valence-corrected chi connectivity index (χ4v) is 4.93. The zero-order valence-corrected chi connectivity index (χ0v) is 16.1. The predicted octanol–water partition coefficient (Wildman–Crippen LogP) is 5.22. The van der Waals surface area contributed by atoms with Gasteiger partial charge in [-0.2, -0.15) is 0 Å². The molecule has 1 aliphatic rings. The Balaban J connectivity index is 1.85. The third kappa shape index (κ3) is 3.07. The second-order valence-corrected chi connectivity index (χ2v) is 8.47. The molecule has 1 fully saturated rings. The maximum Gasteiger partial charge on any atom is 0.174 e. The van der Waals surface area contributed by atoms with E-state index in [0.717, 1.165) is 14.4 Å². The van der Waals surface area contributed by atoms with E-state index in [9.17, 15) is 4.39 Å². The molecule has 0 aliphatic carbocycles. The van der Waals surface area contributed by atoms with Gasteiger partial charge in [0, 0.05) is 11.1 Å². The summed E-state index contributed by atoms with van der Waals surface area (Å²) in [5.41, 5.74) is 1.34. The first-order chi connectivity index (χ1) is 12.1.